The average molecular weight is 338 g/mol. The minimum Gasteiger partial charge on any atom is -0.326 e. The molecule has 0 heterocycles. The zero-order valence-corrected chi connectivity index (χ0v) is 12.9. The van der Waals surface area contributed by atoms with Crippen LogP contribution in [0.5, 0.6) is 0 Å². The Hall–Kier alpha value is -2.08. The van der Waals surface area contributed by atoms with Gasteiger partial charge in [-0.05, 0) is 42.0 Å². The van der Waals surface area contributed by atoms with Gasteiger partial charge in [-0.3, -0.25) is 15.0 Å². The van der Waals surface area contributed by atoms with Crippen LogP contribution in [0.25, 0.3) is 0 Å². The molecular formula is C15H13Cl2N3O2. The van der Waals surface area contributed by atoms with Gasteiger partial charge in [0.15, 0.2) is 0 Å². The second-order valence-corrected chi connectivity index (χ2v) is 5.34. The predicted octanol–water partition coefficient (Wildman–Crippen LogP) is 2.78. The van der Waals surface area contributed by atoms with Gasteiger partial charge in [0.2, 0.25) is 5.91 Å². The van der Waals surface area contributed by atoms with Crippen LogP contribution >= 0.6 is 23.2 Å². The average Bonchev–Trinajstić information content (AvgIpc) is 2.51. The van der Waals surface area contributed by atoms with Gasteiger partial charge in [-0.2, -0.15) is 0 Å². The van der Waals surface area contributed by atoms with Gasteiger partial charge in [0.1, 0.15) is 0 Å². The SMILES string of the molecule is NNC(=O)c1ccc(NC(=O)Cc2ccc(Cl)c(Cl)c2)cc1. The Bertz CT molecular complexity index is 702. The number of carbonyl (C=O) groups is 2. The normalized spacial score (nSPS) is 10.1. The molecule has 22 heavy (non-hydrogen) atoms. The standard InChI is InChI=1S/C15H13Cl2N3O2/c16-12-6-1-9(7-13(12)17)8-14(21)19-11-4-2-10(3-5-11)15(22)20-18/h1-7H,8,18H2,(H,19,21)(H,20,22). The zero-order chi connectivity index (χ0) is 16.1. The summed E-state index contributed by atoms with van der Waals surface area (Å²) in [5.41, 5.74) is 3.78. The summed E-state index contributed by atoms with van der Waals surface area (Å²) in [4.78, 5) is 23.3. The van der Waals surface area contributed by atoms with E-state index in [1.807, 2.05) is 5.43 Å². The van der Waals surface area contributed by atoms with Crippen LogP contribution in [0.1, 0.15) is 15.9 Å². The molecule has 0 spiro atoms. The van der Waals surface area contributed by atoms with Crippen molar-refractivity contribution in [2.24, 2.45) is 5.84 Å². The summed E-state index contributed by atoms with van der Waals surface area (Å²) in [5, 5.41) is 3.58. The number of hydrogen-bond donors (Lipinski definition) is 3. The third kappa shape index (κ3) is 4.21. The van der Waals surface area contributed by atoms with Gasteiger partial charge in [0.25, 0.3) is 5.91 Å². The van der Waals surface area contributed by atoms with Crippen molar-refractivity contribution in [1.82, 2.24) is 5.43 Å². The number of nitrogens with one attached hydrogen (secondary N) is 2. The molecule has 2 aromatic carbocycles. The molecule has 0 fully saturated rings. The maximum absolute atomic E-state index is 12.0. The first-order valence-electron chi connectivity index (χ1n) is 6.34. The van der Waals surface area contributed by atoms with E-state index in [9.17, 15) is 9.59 Å². The number of anilines is 1. The molecule has 5 nitrogen and oxygen atoms in total. The number of amides is 2. The van der Waals surface area contributed by atoms with Crippen LogP contribution in [0.15, 0.2) is 42.5 Å². The minimum absolute atomic E-state index is 0.169. The Morgan fingerprint density at radius 1 is 1.00 bits per heavy atom. The third-order valence-corrected chi connectivity index (χ3v) is 3.65. The van der Waals surface area contributed by atoms with E-state index in [1.54, 1.807) is 42.5 Å². The van der Waals surface area contributed by atoms with E-state index in [1.165, 1.54) is 0 Å². The van der Waals surface area contributed by atoms with Gasteiger partial charge in [-0.15, -0.1) is 0 Å². The number of nitrogen functional groups attached to an aromatic ring is 1. The lowest BCUT2D eigenvalue weighted by Crippen LogP contribution is -2.29. The van der Waals surface area contributed by atoms with E-state index in [2.05, 4.69) is 5.32 Å². The smallest absolute Gasteiger partial charge is 0.265 e. The molecule has 2 amide bonds. The Morgan fingerprint density at radius 3 is 2.27 bits per heavy atom. The lowest BCUT2D eigenvalue weighted by molar-refractivity contribution is -0.115. The van der Waals surface area contributed by atoms with Crippen molar-refractivity contribution >= 4 is 40.7 Å². The number of rotatable bonds is 4. The first-order valence-corrected chi connectivity index (χ1v) is 7.10. The number of hydrazine groups is 1. The summed E-state index contributed by atoms with van der Waals surface area (Å²) < 4.78 is 0. The minimum atomic E-state index is -0.395. The predicted molar refractivity (Wildman–Crippen MR) is 86.9 cm³/mol. The van der Waals surface area contributed by atoms with E-state index in [0.717, 1.165) is 5.56 Å². The van der Waals surface area contributed by atoms with Crippen molar-refractivity contribution in [1.29, 1.82) is 0 Å². The molecule has 0 unspecified atom stereocenters. The van der Waals surface area contributed by atoms with Crippen molar-refractivity contribution in [3.63, 3.8) is 0 Å². The van der Waals surface area contributed by atoms with E-state index in [0.29, 0.717) is 21.3 Å². The van der Waals surface area contributed by atoms with E-state index in [4.69, 9.17) is 29.0 Å². The summed E-state index contributed by atoms with van der Waals surface area (Å²) in [6.07, 6.45) is 0.169. The second-order valence-electron chi connectivity index (χ2n) is 4.52. The lowest BCUT2D eigenvalue weighted by atomic mass is 10.1. The summed E-state index contributed by atoms with van der Waals surface area (Å²) in [5.74, 6) is 4.45. The second kappa shape index (κ2) is 7.26. The Balaban J connectivity index is 1.99. The molecule has 2 rings (SSSR count). The van der Waals surface area contributed by atoms with Crippen LogP contribution in [-0.4, -0.2) is 11.8 Å². The lowest BCUT2D eigenvalue weighted by Gasteiger charge is -2.07. The molecular weight excluding hydrogens is 325 g/mol. The van der Waals surface area contributed by atoms with E-state index in [-0.39, 0.29) is 12.3 Å². The van der Waals surface area contributed by atoms with Crippen molar-refractivity contribution in [3.8, 4) is 0 Å². The first-order chi connectivity index (χ1) is 10.5. The van der Waals surface area contributed by atoms with Gasteiger partial charge in [-0.1, -0.05) is 29.3 Å². The van der Waals surface area contributed by atoms with Crippen molar-refractivity contribution in [3.05, 3.63) is 63.6 Å². The maximum atomic E-state index is 12.0. The van der Waals surface area contributed by atoms with Crippen molar-refractivity contribution in [2.45, 2.75) is 6.42 Å². The van der Waals surface area contributed by atoms with Crippen LogP contribution in [0.2, 0.25) is 10.0 Å². The number of halogens is 2. The summed E-state index contributed by atoms with van der Waals surface area (Å²) in [7, 11) is 0. The van der Waals surface area contributed by atoms with Crippen LogP contribution in [0.3, 0.4) is 0 Å². The molecule has 2 aromatic rings. The van der Waals surface area contributed by atoms with Gasteiger partial charge in [0, 0.05) is 11.3 Å². The highest BCUT2D eigenvalue weighted by Gasteiger charge is 2.07. The zero-order valence-electron chi connectivity index (χ0n) is 11.4. The summed E-state index contributed by atoms with van der Waals surface area (Å²) in [6.45, 7) is 0. The quantitative estimate of drug-likeness (QED) is 0.455. The summed E-state index contributed by atoms with van der Waals surface area (Å²) >= 11 is 11.7. The first kappa shape index (κ1) is 16.3. The summed E-state index contributed by atoms with van der Waals surface area (Å²) in [6, 6.07) is 11.4. The van der Waals surface area contributed by atoms with E-state index >= 15 is 0 Å². The molecule has 0 saturated heterocycles. The molecule has 0 aliphatic heterocycles. The largest absolute Gasteiger partial charge is 0.326 e. The molecule has 4 N–H and O–H groups in total. The Kier molecular flexibility index (Phi) is 5.38. The molecule has 0 aliphatic carbocycles. The molecule has 0 aliphatic rings. The third-order valence-electron chi connectivity index (χ3n) is 2.91. The maximum Gasteiger partial charge on any atom is 0.265 e. The molecule has 114 valence electrons. The number of nitrogens with two attached hydrogens (primary N) is 1. The van der Waals surface area contributed by atoms with Crippen molar-refractivity contribution in [2.75, 3.05) is 5.32 Å². The fourth-order valence-electron chi connectivity index (χ4n) is 1.83. The molecule has 0 aromatic heterocycles. The van der Waals surface area contributed by atoms with Crippen LogP contribution < -0.4 is 16.6 Å². The molecule has 0 atom stereocenters. The van der Waals surface area contributed by atoms with Gasteiger partial charge in [-0.25, -0.2) is 5.84 Å². The fourth-order valence-corrected chi connectivity index (χ4v) is 2.15. The number of carbonyl (C=O) groups excluding carboxylic acids is 2. The molecule has 7 heteroatoms. The molecule has 0 bridgehead atoms. The molecule has 0 saturated carbocycles. The van der Waals surface area contributed by atoms with Crippen LogP contribution in [0, 0.1) is 0 Å². The van der Waals surface area contributed by atoms with Crippen molar-refractivity contribution < 1.29 is 9.59 Å². The molecule has 0 radical (unpaired) electrons. The highest BCUT2D eigenvalue weighted by atomic mass is 35.5. The fraction of sp³-hybridized carbons (Fsp3) is 0.0667. The van der Waals surface area contributed by atoms with Gasteiger partial charge < -0.3 is 5.32 Å². The van der Waals surface area contributed by atoms with Gasteiger partial charge in [0.05, 0.1) is 16.5 Å². The van der Waals surface area contributed by atoms with Gasteiger partial charge >= 0.3 is 0 Å². The topological polar surface area (TPSA) is 84.2 Å². The highest BCUT2D eigenvalue weighted by Crippen LogP contribution is 2.23. The van der Waals surface area contributed by atoms with Crippen LogP contribution in [0.4, 0.5) is 5.69 Å². The monoisotopic (exact) mass is 337 g/mol. The Morgan fingerprint density at radius 2 is 1.68 bits per heavy atom. The number of benzene rings is 2. The highest BCUT2D eigenvalue weighted by molar-refractivity contribution is 6.42. The van der Waals surface area contributed by atoms with Crippen LogP contribution in [-0.2, 0) is 11.2 Å². The Labute approximate surface area is 137 Å². The number of hydrogen-bond acceptors (Lipinski definition) is 3. The van der Waals surface area contributed by atoms with E-state index < -0.39 is 5.91 Å².